The van der Waals surface area contributed by atoms with Gasteiger partial charge in [-0.1, -0.05) is 0 Å². The molecular formula is C8H20O6. The van der Waals surface area contributed by atoms with Crippen molar-refractivity contribution in [3.8, 4) is 0 Å². The van der Waals surface area contributed by atoms with Crippen LogP contribution in [0, 0.1) is 5.41 Å². The Balaban J connectivity index is 0. The van der Waals surface area contributed by atoms with Crippen molar-refractivity contribution < 1.29 is 29.9 Å². The Morgan fingerprint density at radius 3 is 1.07 bits per heavy atom. The van der Waals surface area contributed by atoms with Gasteiger partial charge in [0.15, 0.2) is 0 Å². The third-order valence-electron chi connectivity index (χ3n) is 1.58. The predicted molar refractivity (Wildman–Crippen MR) is 49.7 cm³/mol. The van der Waals surface area contributed by atoms with Crippen LogP contribution in [0.5, 0.6) is 0 Å². The lowest BCUT2D eigenvalue weighted by Crippen LogP contribution is -2.37. The van der Waals surface area contributed by atoms with Gasteiger partial charge in [0.25, 0.3) is 0 Å². The maximum atomic E-state index is 8.50. The molecule has 6 heteroatoms. The van der Waals surface area contributed by atoms with Crippen LogP contribution in [0.25, 0.3) is 0 Å². The fraction of sp³-hybridized carbons (Fsp3) is 1.00. The molecule has 14 heavy (non-hydrogen) atoms. The average Bonchev–Trinajstić information content (AvgIpc) is 2.24. The van der Waals surface area contributed by atoms with E-state index >= 15 is 0 Å². The number of rotatable bonds is 6. The van der Waals surface area contributed by atoms with Crippen LogP contribution >= 0.6 is 0 Å². The van der Waals surface area contributed by atoms with Crippen LogP contribution < -0.4 is 0 Å². The average molecular weight is 212 g/mol. The summed E-state index contributed by atoms with van der Waals surface area (Å²) < 4.78 is 8.94. The van der Waals surface area contributed by atoms with Gasteiger partial charge in [0.2, 0.25) is 0 Å². The second-order valence-electron chi connectivity index (χ2n) is 2.83. The smallest absolute Gasteiger partial charge is 0.145 e. The minimum Gasteiger partial charge on any atom is -0.396 e. The molecule has 0 aliphatic carbocycles. The summed E-state index contributed by atoms with van der Waals surface area (Å²) in [7, 11) is 3.17. The first-order chi connectivity index (χ1) is 6.66. The van der Waals surface area contributed by atoms with Crippen molar-refractivity contribution in [1.82, 2.24) is 0 Å². The molecule has 6 nitrogen and oxygen atoms in total. The van der Waals surface area contributed by atoms with Crippen molar-refractivity contribution in [1.29, 1.82) is 0 Å². The van der Waals surface area contributed by atoms with E-state index in [-0.39, 0.29) is 0 Å². The molecule has 0 saturated carbocycles. The van der Waals surface area contributed by atoms with Crippen LogP contribution in [0.15, 0.2) is 0 Å². The van der Waals surface area contributed by atoms with E-state index in [9.17, 15) is 0 Å². The summed E-state index contributed by atoms with van der Waals surface area (Å²) in [5.74, 6) is 0. The molecule has 0 heterocycles. The molecule has 0 aromatic carbocycles. The highest BCUT2D eigenvalue weighted by atomic mass is 16.6. The molecule has 0 rings (SSSR count). The Labute approximate surface area is 83.7 Å². The van der Waals surface area contributed by atoms with Crippen LogP contribution in [-0.2, 0) is 9.47 Å². The van der Waals surface area contributed by atoms with Gasteiger partial charge in [-0.05, 0) is 0 Å². The minimum atomic E-state index is -1.11. The van der Waals surface area contributed by atoms with Crippen molar-refractivity contribution in [2.75, 3.05) is 47.4 Å². The van der Waals surface area contributed by atoms with E-state index in [0.29, 0.717) is 6.79 Å². The number of ether oxygens (including phenoxy) is 2. The lowest BCUT2D eigenvalue weighted by Gasteiger charge is -2.23. The molecule has 0 aliphatic heterocycles. The third kappa shape index (κ3) is 7.19. The summed E-state index contributed by atoms with van der Waals surface area (Å²) in [6.45, 7) is -1.24. The number of hydrogen-bond donors (Lipinski definition) is 4. The molecule has 88 valence electrons. The molecule has 0 atom stereocenters. The Kier molecular flexibility index (Phi) is 12.5. The molecule has 0 radical (unpaired) electrons. The topological polar surface area (TPSA) is 99.4 Å². The molecule has 0 bridgehead atoms. The van der Waals surface area contributed by atoms with E-state index < -0.39 is 31.8 Å². The summed E-state index contributed by atoms with van der Waals surface area (Å²) in [5.41, 5.74) is -1.11. The molecule has 0 spiro atoms. The molecule has 0 aromatic heterocycles. The maximum absolute atomic E-state index is 8.50. The maximum Gasteiger partial charge on any atom is 0.145 e. The molecule has 0 fully saturated rings. The second kappa shape index (κ2) is 10.8. The summed E-state index contributed by atoms with van der Waals surface area (Å²) in [4.78, 5) is 0. The Hall–Kier alpha value is -0.240. The van der Waals surface area contributed by atoms with Gasteiger partial charge in [0.1, 0.15) is 6.79 Å². The largest absolute Gasteiger partial charge is 0.396 e. The standard InChI is InChI=1S/C5H12O4.C3H8O2/c6-1-5(2-7,3-8)4-9;1-4-3-5-2/h6-9H,1-4H2;3H2,1-2H3. The van der Waals surface area contributed by atoms with Crippen molar-refractivity contribution in [2.45, 2.75) is 0 Å². The van der Waals surface area contributed by atoms with Crippen LogP contribution in [0.2, 0.25) is 0 Å². The highest BCUT2D eigenvalue weighted by Gasteiger charge is 2.26. The zero-order chi connectivity index (χ0) is 11.4. The molecule has 0 unspecified atom stereocenters. The van der Waals surface area contributed by atoms with Crippen molar-refractivity contribution in [3.05, 3.63) is 0 Å². The van der Waals surface area contributed by atoms with Crippen molar-refractivity contribution in [3.63, 3.8) is 0 Å². The van der Waals surface area contributed by atoms with Crippen molar-refractivity contribution in [2.24, 2.45) is 5.41 Å². The molecular weight excluding hydrogens is 192 g/mol. The summed E-state index contributed by atoms with van der Waals surface area (Å²) in [5, 5.41) is 34.0. The number of hydrogen-bond acceptors (Lipinski definition) is 6. The monoisotopic (exact) mass is 212 g/mol. The van der Waals surface area contributed by atoms with E-state index in [1.54, 1.807) is 14.2 Å². The summed E-state index contributed by atoms with van der Waals surface area (Å²) >= 11 is 0. The van der Waals surface area contributed by atoms with E-state index in [1.165, 1.54) is 0 Å². The zero-order valence-corrected chi connectivity index (χ0v) is 8.64. The van der Waals surface area contributed by atoms with E-state index in [0.717, 1.165) is 0 Å². The van der Waals surface area contributed by atoms with Gasteiger partial charge in [0.05, 0.1) is 31.8 Å². The van der Waals surface area contributed by atoms with Crippen LogP contribution in [0.3, 0.4) is 0 Å². The van der Waals surface area contributed by atoms with Gasteiger partial charge in [-0.3, -0.25) is 0 Å². The quantitative estimate of drug-likeness (QED) is 0.387. The zero-order valence-electron chi connectivity index (χ0n) is 8.64. The number of aliphatic hydroxyl groups is 4. The van der Waals surface area contributed by atoms with E-state index in [1.807, 2.05) is 0 Å². The Bertz CT molecular complexity index is 84.5. The molecule has 0 aromatic rings. The van der Waals surface area contributed by atoms with E-state index in [2.05, 4.69) is 9.47 Å². The first kappa shape index (κ1) is 16.2. The predicted octanol–water partition coefficient (Wildman–Crippen LogP) is -1.82. The van der Waals surface area contributed by atoms with Gasteiger partial charge in [-0.15, -0.1) is 0 Å². The molecule has 0 saturated heterocycles. The minimum absolute atomic E-state index is 0.389. The molecule has 0 amide bonds. The highest BCUT2D eigenvalue weighted by Crippen LogP contribution is 2.11. The van der Waals surface area contributed by atoms with Gasteiger partial charge in [0, 0.05) is 14.2 Å². The van der Waals surface area contributed by atoms with Gasteiger partial charge >= 0.3 is 0 Å². The van der Waals surface area contributed by atoms with Gasteiger partial charge < -0.3 is 29.9 Å². The number of aliphatic hydroxyl groups excluding tert-OH is 4. The van der Waals surface area contributed by atoms with Crippen LogP contribution in [-0.4, -0.2) is 67.9 Å². The molecule has 4 N–H and O–H groups in total. The first-order valence-corrected chi connectivity index (χ1v) is 4.07. The lowest BCUT2D eigenvalue weighted by molar-refractivity contribution is -0.0328. The number of methoxy groups -OCH3 is 2. The second-order valence-corrected chi connectivity index (χ2v) is 2.83. The van der Waals surface area contributed by atoms with Crippen LogP contribution in [0.1, 0.15) is 0 Å². The molecule has 0 aliphatic rings. The highest BCUT2D eigenvalue weighted by molar-refractivity contribution is 4.74. The van der Waals surface area contributed by atoms with Crippen LogP contribution in [0.4, 0.5) is 0 Å². The Morgan fingerprint density at radius 1 is 0.786 bits per heavy atom. The SMILES string of the molecule is COCOC.OCC(CO)(CO)CO. The van der Waals surface area contributed by atoms with Gasteiger partial charge in [-0.2, -0.15) is 0 Å². The fourth-order valence-electron chi connectivity index (χ4n) is 0.418. The normalized spacial score (nSPS) is 10.7. The third-order valence-corrected chi connectivity index (χ3v) is 1.58. The summed E-state index contributed by atoms with van der Waals surface area (Å²) in [6, 6.07) is 0. The summed E-state index contributed by atoms with van der Waals surface area (Å²) in [6.07, 6.45) is 0. The lowest BCUT2D eigenvalue weighted by atomic mass is 9.93. The Morgan fingerprint density at radius 2 is 1.07 bits per heavy atom. The van der Waals surface area contributed by atoms with Crippen molar-refractivity contribution >= 4 is 0 Å². The van der Waals surface area contributed by atoms with E-state index in [4.69, 9.17) is 20.4 Å². The fourth-order valence-corrected chi connectivity index (χ4v) is 0.418. The first-order valence-electron chi connectivity index (χ1n) is 4.07. The van der Waals surface area contributed by atoms with Gasteiger partial charge in [-0.25, -0.2) is 0 Å².